The first-order valence-corrected chi connectivity index (χ1v) is 8.33. The molecule has 0 aliphatic heterocycles. The lowest BCUT2D eigenvalue weighted by Crippen LogP contribution is -1.96. The summed E-state index contributed by atoms with van der Waals surface area (Å²) < 4.78 is 0. The monoisotopic (exact) mass is 260 g/mol. The van der Waals surface area contributed by atoms with Crippen LogP contribution in [0.2, 0.25) is 0 Å². The third kappa shape index (κ3) is 6.80. The van der Waals surface area contributed by atoms with E-state index in [1.54, 1.807) is 11.1 Å². The minimum Gasteiger partial charge on any atom is -0.0654 e. The molecule has 0 nitrogen and oxygen atoms in total. The molecule has 19 heavy (non-hydrogen) atoms. The summed E-state index contributed by atoms with van der Waals surface area (Å²) in [5.74, 6) is 0.658. The van der Waals surface area contributed by atoms with Gasteiger partial charge < -0.3 is 0 Å². The quantitative estimate of drug-likeness (QED) is 0.422. The van der Waals surface area contributed by atoms with Gasteiger partial charge in [0, 0.05) is 0 Å². The number of hydrogen-bond donors (Lipinski definition) is 0. The molecule has 1 aromatic rings. The molecule has 108 valence electrons. The van der Waals surface area contributed by atoms with Gasteiger partial charge in [0.1, 0.15) is 0 Å². The van der Waals surface area contributed by atoms with E-state index in [2.05, 4.69) is 45.0 Å². The van der Waals surface area contributed by atoms with Crippen molar-refractivity contribution >= 4 is 0 Å². The average Bonchev–Trinajstić information content (AvgIpc) is 2.42. The predicted molar refractivity (Wildman–Crippen MR) is 86.8 cm³/mol. The van der Waals surface area contributed by atoms with Crippen LogP contribution in [0.1, 0.15) is 89.2 Å². The van der Waals surface area contributed by atoms with Crippen molar-refractivity contribution in [2.45, 2.75) is 84.5 Å². The lowest BCUT2D eigenvalue weighted by atomic mass is 9.94. The number of hydrogen-bond acceptors (Lipinski definition) is 0. The molecule has 0 heterocycles. The zero-order chi connectivity index (χ0) is 13.9. The first-order valence-electron chi connectivity index (χ1n) is 8.33. The maximum Gasteiger partial charge on any atom is -0.0216 e. The van der Waals surface area contributed by atoms with Gasteiger partial charge in [0.05, 0.1) is 0 Å². The van der Waals surface area contributed by atoms with Crippen LogP contribution in [-0.4, -0.2) is 0 Å². The molecular formula is C19H32. The van der Waals surface area contributed by atoms with E-state index in [9.17, 15) is 0 Å². The van der Waals surface area contributed by atoms with Crippen LogP contribution in [0.15, 0.2) is 24.3 Å². The van der Waals surface area contributed by atoms with E-state index in [1.165, 1.54) is 57.8 Å². The Morgan fingerprint density at radius 1 is 0.789 bits per heavy atom. The average molecular weight is 260 g/mol. The number of benzene rings is 1. The summed E-state index contributed by atoms with van der Waals surface area (Å²) in [7, 11) is 0. The van der Waals surface area contributed by atoms with Gasteiger partial charge in [0.2, 0.25) is 0 Å². The molecule has 1 aromatic carbocycles. The molecule has 0 atom stereocenters. The number of unbranched alkanes of at least 4 members (excludes halogenated alkanes) is 7. The van der Waals surface area contributed by atoms with Crippen molar-refractivity contribution in [3.05, 3.63) is 35.4 Å². The largest absolute Gasteiger partial charge is 0.0654 e. The standard InChI is InChI=1S/C19H32/c1-4-5-6-7-8-9-10-11-14-18-15-12-13-16-19(18)17(2)3/h12-13,15-17H,4-11,14H2,1-3H3. The van der Waals surface area contributed by atoms with Crippen molar-refractivity contribution < 1.29 is 0 Å². The van der Waals surface area contributed by atoms with Crippen LogP contribution < -0.4 is 0 Å². The molecule has 1 rings (SSSR count). The molecule has 0 aromatic heterocycles. The molecule has 0 N–H and O–H groups in total. The van der Waals surface area contributed by atoms with Gasteiger partial charge in [0.25, 0.3) is 0 Å². The van der Waals surface area contributed by atoms with Crippen LogP contribution in [-0.2, 0) is 6.42 Å². The van der Waals surface area contributed by atoms with Crippen molar-refractivity contribution in [3.63, 3.8) is 0 Å². The third-order valence-electron chi connectivity index (χ3n) is 3.98. The first kappa shape index (κ1) is 16.3. The van der Waals surface area contributed by atoms with E-state index in [4.69, 9.17) is 0 Å². The second kappa shape index (κ2) is 10.1. The van der Waals surface area contributed by atoms with Crippen LogP contribution in [0.4, 0.5) is 0 Å². The molecular weight excluding hydrogens is 228 g/mol. The molecule has 0 saturated heterocycles. The molecule has 0 fully saturated rings. The van der Waals surface area contributed by atoms with Crippen LogP contribution in [0.25, 0.3) is 0 Å². The third-order valence-corrected chi connectivity index (χ3v) is 3.98. The Bertz CT molecular complexity index is 325. The van der Waals surface area contributed by atoms with E-state index in [-0.39, 0.29) is 0 Å². The van der Waals surface area contributed by atoms with Gasteiger partial charge in [-0.2, -0.15) is 0 Å². The molecule has 0 aliphatic carbocycles. The van der Waals surface area contributed by atoms with Gasteiger partial charge >= 0.3 is 0 Å². The van der Waals surface area contributed by atoms with Crippen LogP contribution in [0.5, 0.6) is 0 Å². The second-order valence-electron chi connectivity index (χ2n) is 6.08. The fourth-order valence-corrected chi connectivity index (χ4v) is 2.77. The van der Waals surface area contributed by atoms with Gasteiger partial charge in [-0.05, 0) is 29.9 Å². The highest BCUT2D eigenvalue weighted by Gasteiger charge is 2.04. The van der Waals surface area contributed by atoms with E-state index >= 15 is 0 Å². The fraction of sp³-hybridized carbons (Fsp3) is 0.684. The van der Waals surface area contributed by atoms with E-state index < -0.39 is 0 Å². The Labute approximate surface area is 120 Å². The SMILES string of the molecule is CCCCCCCCCCc1ccccc1C(C)C. The highest BCUT2D eigenvalue weighted by molar-refractivity contribution is 5.29. The smallest absolute Gasteiger partial charge is 0.0216 e. The summed E-state index contributed by atoms with van der Waals surface area (Å²) in [6, 6.07) is 8.97. The van der Waals surface area contributed by atoms with Gasteiger partial charge in [-0.3, -0.25) is 0 Å². The van der Waals surface area contributed by atoms with Crippen molar-refractivity contribution in [3.8, 4) is 0 Å². The van der Waals surface area contributed by atoms with Crippen molar-refractivity contribution in [2.75, 3.05) is 0 Å². The maximum atomic E-state index is 2.32. The molecule has 0 unspecified atom stereocenters. The molecule has 0 radical (unpaired) electrons. The normalized spacial score (nSPS) is 11.2. The van der Waals surface area contributed by atoms with Crippen molar-refractivity contribution in [2.24, 2.45) is 0 Å². The summed E-state index contributed by atoms with van der Waals surface area (Å²) >= 11 is 0. The zero-order valence-electron chi connectivity index (χ0n) is 13.3. The second-order valence-corrected chi connectivity index (χ2v) is 6.08. The van der Waals surface area contributed by atoms with Gasteiger partial charge in [0.15, 0.2) is 0 Å². The Kier molecular flexibility index (Phi) is 8.62. The Morgan fingerprint density at radius 2 is 1.37 bits per heavy atom. The van der Waals surface area contributed by atoms with E-state index in [0.29, 0.717) is 5.92 Å². The molecule has 0 spiro atoms. The molecule has 0 bridgehead atoms. The molecule has 0 aliphatic rings. The van der Waals surface area contributed by atoms with Crippen LogP contribution in [0.3, 0.4) is 0 Å². The highest BCUT2D eigenvalue weighted by atomic mass is 14.1. The molecule has 0 amide bonds. The highest BCUT2D eigenvalue weighted by Crippen LogP contribution is 2.21. The van der Waals surface area contributed by atoms with E-state index in [1.807, 2.05) is 0 Å². The lowest BCUT2D eigenvalue weighted by molar-refractivity contribution is 0.574. The topological polar surface area (TPSA) is 0 Å². The number of rotatable bonds is 10. The van der Waals surface area contributed by atoms with Crippen molar-refractivity contribution in [1.29, 1.82) is 0 Å². The van der Waals surface area contributed by atoms with Crippen LogP contribution >= 0.6 is 0 Å². The predicted octanol–water partition coefficient (Wildman–Crippen LogP) is 6.49. The Hall–Kier alpha value is -0.780. The van der Waals surface area contributed by atoms with Crippen LogP contribution in [0, 0.1) is 0 Å². The Morgan fingerprint density at radius 3 is 2.00 bits per heavy atom. The summed E-state index contributed by atoms with van der Waals surface area (Å²) in [6.07, 6.45) is 12.5. The summed E-state index contributed by atoms with van der Waals surface area (Å²) in [4.78, 5) is 0. The van der Waals surface area contributed by atoms with Crippen molar-refractivity contribution in [1.82, 2.24) is 0 Å². The summed E-state index contributed by atoms with van der Waals surface area (Å²) in [5, 5.41) is 0. The molecule has 0 saturated carbocycles. The van der Waals surface area contributed by atoms with E-state index in [0.717, 1.165) is 0 Å². The maximum absolute atomic E-state index is 2.32. The van der Waals surface area contributed by atoms with Gasteiger partial charge in [-0.25, -0.2) is 0 Å². The summed E-state index contributed by atoms with van der Waals surface area (Å²) in [5.41, 5.74) is 3.12. The summed E-state index contributed by atoms with van der Waals surface area (Å²) in [6.45, 7) is 6.88. The Balaban J connectivity index is 2.16. The lowest BCUT2D eigenvalue weighted by Gasteiger charge is -2.12. The minimum atomic E-state index is 0.658. The van der Waals surface area contributed by atoms with Gasteiger partial charge in [-0.15, -0.1) is 0 Å². The zero-order valence-corrected chi connectivity index (χ0v) is 13.3. The number of aryl methyl sites for hydroxylation is 1. The van der Waals surface area contributed by atoms with Gasteiger partial charge in [-0.1, -0.05) is 90.0 Å². The molecule has 0 heteroatoms. The first-order chi connectivity index (χ1) is 9.25. The fourth-order valence-electron chi connectivity index (χ4n) is 2.77. The minimum absolute atomic E-state index is 0.658.